The molecule has 0 unspecified atom stereocenters. The molecule has 3 aliphatic rings. The van der Waals surface area contributed by atoms with Gasteiger partial charge in [-0.15, -0.1) is 0 Å². The average Bonchev–Trinajstić information content (AvgIpc) is 3.04. The smallest absolute Gasteiger partial charge is 0.261 e. The van der Waals surface area contributed by atoms with Crippen LogP contribution in [0.15, 0.2) is 36.5 Å². The summed E-state index contributed by atoms with van der Waals surface area (Å²) in [6.45, 7) is 2.88. The summed E-state index contributed by atoms with van der Waals surface area (Å²) in [5, 5.41) is 3.42. The predicted molar refractivity (Wildman–Crippen MR) is 126 cm³/mol. The van der Waals surface area contributed by atoms with Gasteiger partial charge in [0.25, 0.3) is 6.43 Å². The maximum absolute atomic E-state index is 13.8. The second kappa shape index (κ2) is 10.2. The van der Waals surface area contributed by atoms with Crippen molar-refractivity contribution < 1.29 is 23.0 Å². The molecule has 0 radical (unpaired) electrons. The molecule has 9 heteroatoms. The molecule has 2 aliphatic heterocycles. The molecule has 182 valence electrons. The third kappa shape index (κ3) is 5.00. The molecule has 7 nitrogen and oxygen atoms in total. The Morgan fingerprint density at radius 2 is 1.97 bits per heavy atom. The Morgan fingerprint density at radius 3 is 2.74 bits per heavy atom. The molecule has 1 aliphatic carbocycles. The van der Waals surface area contributed by atoms with Crippen molar-refractivity contribution in [3.05, 3.63) is 42.1 Å². The van der Waals surface area contributed by atoms with E-state index in [1.54, 1.807) is 6.20 Å². The van der Waals surface area contributed by atoms with E-state index in [1.807, 2.05) is 23.1 Å². The second-order valence-electron chi connectivity index (χ2n) is 9.06. The highest BCUT2D eigenvalue weighted by Crippen LogP contribution is 2.40. The minimum atomic E-state index is -2.46. The SMILES string of the molecule is O=C([C@H]1CC[C@H](OCC(F)F)CC1)N1Cc2cccnc2Nc2ccc(N3CCOCC3)cc21. The molecule has 2 fully saturated rings. The molecule has 34 heavy (non-hydrogen) atoms. The van der Waals surface area contributed by atoms with Crippen molar-refractivity contribution in [1.29, 1.82) is 0 Å². The highest BCUT2D eigenvalue weighted by molar-refractivity contribution is 6.00. The van der Waals surface area contributed by atoms with Crippen LogP contribution >= 0.6 is 0 Å². The third-order valence-corrected chi connectivity index (χ3v) is 6.87. The molecule has 2 aromatic rings. The van der Waals surface area contributed by atoms with Crippen LogP contribution in [-0.4, -0.2) is 56.3 Å². The summed E-state index contributed by atoms with van der Waals surface area (Å²) in [4.78, 5) is 22.4. The summed E-state index contributed by atoms with van der Waals surface area (Å²) >= 11 is 0. The van der Waals surface area contributed by atoms with Crippen LogP contribution in [0, 0.1) is 5.92 Å². The van der Waals surface area contributed by atoms with E-state index in [4.69, 9.17) is 9.47 Å². The normalized spacial score (nSPS) is 22.6. The van der Waals surface area contributed by atoms with Gasteiger partial charge in [-0.25, -0.2) is 13.8 Å². The van der Waals surface area contributed by atoms with Gasteiger partial charge < -0.3 is 24.6 Å². The van der Waals surface area contributed by atoms with Crippen LogP contribution in [0.1, 0.15) is 31.2 Å². The van der Waals surface area contributed by atoms with Gasteiger partial charge in [0.15, 0.2) is 0 Å². The van der Waals surface area contributed by atoms with Gasteiger partial charge >= 0.3 is 0 Å². The molecule has 0 atom stereocenters. The van der Waals surface area contributed by atoms with E-state index in [-0.39, 0.29) is 17.9 Å². The lowest BCUT2D eigenvalue weighted by Gasteiger charge is -2.33. The molecule has 1 saturated heterocycles. The zero-order chi connectivity index (χ0) is 23.5. The minimum absolute atomic E-state index is 0.0613. The Hall–Kier alpha value is -2.78. The molecule has 5 rings (SSSR count). The summed E-state index contributed by atoms with van der Waals surface area (Å²) in [6, 6.07) is 10.0. The van der Waals surface area contributed by atoms with Crippen LogP contribution in [0.3, 0.4) is 0 Å². The first-order valence-electron chi connectivity index (χ1n) is 12.0. The van der Waals surface area contributed by atoms with Crippen LogP contribution in [0.2, 0.25) is 0 Å². The summed E-state index contributed by atoms with van der Waals surface area (Å²) in [5.41, 5.74) is 3.69. The van der Waals surface area contributed by atoms with Crippen molar-refractivity contribution in [2.75, 3.05) is 48.0 Å². The van der Waals surface area contributed by atoms with E-state index in [1.165, 1.54) is 0 Å². The standard InChI is InChI=1S/C25H30F2N4O3/c26-23(27)16-34-20-6-3-17(4-7-20)25(32)31-15-18-2-1-9-28-24(18)29-21-8-5-19(14-22(21)31)30-10-12-33-13-11-30/h1-2,5,8-9,14,17,20,23H,3-4,6-7,10-13,15-16H2,(H,28,29)/t17-,20-. The first-order chi connectivity index (χ1) is 16.6. The maximum Gasteiger partial charge on any atom is 0.261 e. The topological polar surface area (TPSA) is 66.9 Å². The fraction of sp³-hybridized carbons (Fsp3) is 0.520. The van der Waals surface area contributed by atoms with Crippen molar-refractivity contribution in [3.8, 4) is 0 Å². The Kier molecular flexibility index (Phi) is 6.92. The van der Waals surface area contributed by atoms with E-state index < -0.39 is 13.0 Å². The number of nitrogens with zero attached hydrogens (tertiary/aromatic N) is 3. The molecule has 1 aromatic carbocycles. The number of halogens is 2. The lowest BCUT2D eigenvalue weighted by Crippen LogP contribution is -2.39. The number of carbonyl (C=O) groups excluding carboxylic acids is 1. The van der Waals surface area contributed by atoms with E-state index in [0.717, 1.165) is 41.5 Å². The van der Waals surface area contributed by atoms with Gasteiger partial charge in [-0.1, -0.05) is 6.07 Å². The molecule has 1 amide bonds. The Bertz CT molecular complexity index is 1010. The van der Waals surface area contributed by atoms with Crippen LogP contribution in [0.5, 0.6) is 0 Å². The first-order valence-corrected chi connectivity index (χ1v) is 12.0. The Balaban J connectivity index is 1.40. The van der Waals surface area contributed by atoms with Crippen LogP contribution in [0.25, 0.3) is 0 Å². The van der Waals surface area contributed by atoms with Gasteiger partial charge in [0, 0.05) is 36.5 Å². The summed E-state index contributed by atoms with van der Waals surface area (Å²) < 4.78 is 35.8. The van der Waals surface area contributed by atoms with Crippen molar-refractivity contribution in [2.24, 2.45) is 5.92 Å². The highest BCUT2D eigenvalue weighted by Gasteiger charge is 2.33. The number of rotatable bonds is 5. The van der Waals surface area contributed by atoms with Crippen LogP contribution < -0.4 is 15.1 Å². The highest BCUT2D eigenvalue weighted by atomic mass is 19.3. The zero-order valence-corrected chi connectivity index (χ0v) is 19.1. The average molecular weight is 473 g/mol. The largest absolute Gasteiger partial charge is 0.378 e. The van der Waals surface area contributed by atoms with E-state index >= 15 is 0 Å². The predicted octanol–water partition coefficient (Wildman–Crippen LogP) is 4.35. The Morgan fingerprint density at radius 1 is 1.18 bits per heavy atom. The number of carbonyl (C=O) groups is 1. The summed E-state index contributed by atoms with van der Waals surface area (Å²) in [6.07, 6.45) is 1.58. The van der Waals surface area contributed by atoms with Crippen molar-refractivity contribution >= 4 is 28.8 Å². The molecular formula is C25H30F2N4O3. The van der Waals surface area contributed by atoms with Gasteiger partial charge in [0.2, 0.25) is 5.91 Å². The number of pyridine rings is 1. The number of hydrogen-bond donors (Lipinski definition) is 1. The number of hydrogen-bond acceptors (Lipinski definition) is 6. The number of ether oxygens (including phenoxy) is 2. The third-order valence-electron chi connectivity index (χ3n) is 6.87. The lowest BCUT2D eigenvalue weighted by atomic mass is 9.86. The van der Waals surface area contributed by atoms with E-state index in [0.29, 0.717) is 45.4 Å². The van der Waals surface area contributed by atoms with Gasteiger partial charge in [-0.05, 0) is 49.9 Å². The monoisotopic (exact) mass is 472 g/mol. The number of amides is 1. The quantitative estimate of drug-likeness (QED) is 0.698. The number of benzene rings is 1. The molecular weight excluding hydrogens is 442 g/mol. The summed E-state index contributed by atoms with van der Waals surface area (Å²) in [5.74, 6) is 0.651. The molecule has 0 spiro atoms. The number of aromatic nitrogens is 1. The van der Waals surface area contributed by atoms with Gasteiger partial charge in [-0.2, -0.15) is 0 Å². The van der Waals surface area contributed by atoms with Crippen LogP contribution in [-0.2, 0) is 20.8 Å². The number of morpholine rings is 1. The maximum atomic E-state index is 13.8. The molecule has 1 aromatic heterocycles. The molecule has 3 heterocycles. The minimum Gasteiger partial charge on any atom is -0.378 e. The van der Waals surface area contributed by atoms with Crippen molar-refractivity contribution in [2.45, 2.75) is 44.8 Å². The van der Waals surface area contributed by atoms with Crippen molar-refractivity contribution in [3.63, 3.8) is 0 Å². The van der Waals surface area contributed by atoms with Crippen molar-refractivity contribution in [1.82, 2.24) is 4.98 Å². The number of anilines is 4. The molecule has 0 bridgehead atoms. The number of fused-ring (bicyclic) bond motifs is 2. The second-order valence-corrected chi connectivity index (χ2v) is 9.06. The fourth-order valence-corrected chi connectivity index (χ4v) is 5.03. The van der Waals surface area contributed by atoms with Gasteiger partial charge in [-0.3, -0.25) is 4.79 Å². The molecule has 1 saturated carbocycles. The zero-order valence-electron chi connectivity index (χ0n) is 19.1. The number of alkyl halides is 2. The Labute approximate surface area is 198 Å². The lowest BCUT2D eigenvalue weighted by molar-refractivity contribution is -0.125. The van der Waals surface area contributed by atoms with Gasteiger partial charge in [0.1, 0.15) is 12.4 Å². The first kappa shape index (κ1) is 23.0. The molecule has 1 N–H and O–H groups in total. The fourth-order valence-electron chi connectivity index (χ4n) is 5.03. The van der Waals surface area contributed by atoms with Crippen LogP contribution in [0.4, 0.5) is 31.7 Å². The van der Waals surface area contributed by atoms with Gasteiger partial charge in [0.05, 0.1) is 37.2 Å². The van der Waals surface area contributed by atoms with E-state index in [2.05, 4.69) is 27.3 Å². The number of nitrogens with one attached hydrogen (secondary N) is 1. The summed E-state index contributed by atoms with van der Waals surface area (Å²) in [7, 11) is 0. The van der Waals surface area contributed by atoms with E-state index in [9.17, 15) is 13.6 Å².